The first-order chi connectivity index (χ1) is 10.4. The minimum Gasteiger partial charge on any atom is -0.387 e. The summed E-state index contributed by atoms with van der Waals surface area (Å²) in [5.74, 6) is -1.06. The summed E-state index contributed by atoms with van der Waals surface area (Å²) in [6.45, 7) is 1.78. The Balaban J connectivity index is 2.49. The number of nitrogens with zero attached hydrogens (tertiary/aromatic N) is 2. The number of nitrogens with one attached hydrogen (secondary N) is 1. The fourth-order valence-electron chi connectivity index (χ4n) is 2.14. The van der Waals surface area contributed by atoms with Crippen molar-refractivity contribution in [3.63, 3.8) is 0 Å². The zero-order chi connectivity index (χ0) is 16.3. The lowest BCUT2D eigenvalue weighted by atomic mass is 10.1. The van der Waals surface area contributed by atoms with Crippen LogP contribution in [0.15, 0.2) is 18.3 Å². The first kappa shape index (κ1) is 16.5. The van der Waals surface area contributed by atoms with E-state index in [1.165, 1.54) is 18.0 Å². The van der Waals surface area contributed by atoms with Crippen molar-refractivity contribution in [3.05, 3.63) is 35.5 Å². The van der Waals surface area contributed by atoms with Gasteiger partial charge in [0.25, 0.3) is 0 Å². The molecule has 1 unspecified atom stereocenters. The molecule has 22 heavy (non-hydrogen) atoms. The molecule has 7 heteroatoms. The van der Waals surface area contributed by atoms with E-state index >= 15 is 0 Å². The van der Waals surface area contributed by atoms with Gasteiger partial charge in [0.2, 0.25) is 0 Å². The molecule has 0 fully saturated rings. The molecule has 1 heterocycles. The average molecular weight is 323 g/mol. The average Bonchev–Trinajstić information content (AvgIpc) is 2.44. The Morgan fingerprint density at radius 2 is 2.18 bits per heavy atom. The van der Waals surface area contributed by atoms with Crippen LogP contribution in [-0.2, 0) is 0 Å². The number of nitriles is 1. The Kier molecular flexibility index (Phi) is 4.84. The number of fused-ring (bicyclic) bond motifs is 1. The van der Waals surface area contributed by atoms with Crippen molar-refractivity contribution in [1.82, 2.24) is 4.98 Å². The molecule has 4 nitrogen and oxygen atoms in total. The molecular weight excluding hydrogens is 308 g/mol. The van der Waals surface area contributed by atoms with Crippen molar-refractivity contribution >= 4 is 28.4 Å². The molecule has 0 aliphatic heterocycles. The molecule has 1 aromatic heterocycles. The second kappa shape index (κ2) is 6.46. The van der Waals surface area contributed by atoms with Crippen LogP contribution in [0.3, 0.4) is 0 Å². The molecule has 0 saturated heterocycles. The Bertz CT molecular complexity index is 744. The highest BCUT2D eigenvalue weighted by Gasteiger charge is 2.21. The third kappa shape index (κ3) is 3.46. The molecule has 2 rings (SSSR count). The number of anilines is 1. The van der Waals surface area contributed by atoms with Gasteiger partial charge in [0.05, 0.1) is 16.9 Å². The summed E-state index contributed by atoms with van der Waals surface area (Å²) < 4.78 is 27.3. The second-order valence-corrected chi connectivity index (χ2v) is 6.09. The molecule has 1 atom stereocenters. The fourth-order valence-corrected chi connectivity index (χ4v) is 2.87. The van der Waals surface area contributed by atoms with E-state index in [0.29, 0.717) is 5.75 Å². The summed E-state index contributed by atoms with van der Waals surface area (Å²) in [6.07, 6.45) is 3.09. The van der Waals surface area contributed by atoms with Crippen molar-refractivity contribution in [3.8, 4) is 6.07 Å². The second-order valence-electron chi connectivity index (χ2n) is 5.23. The summed E-state index contributed by atoms with van der Waals surface area (Å²) in [5.41, 5.74) is -0.606. The topological polar surface area (TPSA) is 68.9 Å². The number of halogens is 2. The molecule has 0 aliphatic rings. The largest absolute Gasteiger partial charge is 0.387 e. The van der Waals surface area contributed by atoms with Gasteiger partial charge >= 0.3 is 0 Å². The summed E-state index contributed by atoms with van der Waals surface area (Å²) in [5, 5.41) is 22.5. The van der Waals surface area contributed by atoms with E-state index in [1.54, 1.807) is 6.92 Å². The van der Waals surface area contributed by atoms with Crippen LogP contribution in [0, 0.1) is 23.0 Å². The highest BCUT2D eigenvalue weighted by Crippen LogP contribution is 2.28. The third-order valence-corrected chi connectivity index (χ3v) is 4.02. The number of hydrogen-bond donors (Lipinski definition) is 2. The number of aromatic nitrogens is 1. The van der Waals surface area contributed by atoms with Gasteiger partial charge in [0.1, 0.15) is 17.4 Å². The van der Waals surface area contributed by atoms with Crippen LogP contribution < -0.4 is 5.32 Å². The Hall–Kier alpha value is -1.91. The first-order valence-corrected chi connectivity index (χ1v) is 7.90. The molecule has 0 amide bonds. The number of aliphatic hydroxyl groups is 1. The summed E-state index contributed by atoms with van der Waals surface area (Å²) in [6, 6.07) is 3.81. The number of pyridine rings is 1. The SMILES string of the molecule is CSCC(C)(O)CNc1c(C#N)cnc2c(F)cc(F)cc12. The van der Waals surface area contributed by atoms with E-state index in [4.69, 9.17) is 5.26 Å². The van der Waals surface area contributed by atoms with Gasteiger partial charge in [-0.25, -0.2) is 8.78 Å². The summed E-state index contributed by atoms with van der Waals surface area (Å²) in [7, 11) is 0. The number of thioether (sulfide) groups is 1. The molecule has 1 aromatic carbocycles. The van der Waals surface area contributed by atoms with Gasteiger partial charge in [-0.05, 0) is 19.2 Å². The van der Waals surface area contributed by atoms with Crippen LogP contribution in [0.2, 0.25) is 0 Å². The van der Waals surface area contributed by atoms with E-state index in [-0.39, 0.29) is 28.7 Å². The van der Waals surface area contributed by atoms with E-state index < -0.39 is 17.2 Å². The van der Waals surface area contributed by atoms with Gasteiger partial charge in [-0.3, -0.25) is 4.98 Å². The van der Waals surface area contributed by atoms with Crippen molar-refractivity contribution in [2.45, 2.75) is 12.5 Å². The van der Waals surface area contributed by atoms with Crippen LogP contribution in [0.1, 0.15) is 12.5 Å². The molecule has 0 spiro atoms. The van der Waals surface area contributed by atoms with Gasteiger partial charge in [-0.2, -0.15) is 17.0 Å². The lowest BCUT2D eigenvalue weighted by Gasteiger charge is -2.24. The molecule has 2 aromatic rings. The van der Waals surface area contributed by atoms with E-state index in [2.05, 4.69) is 10.3 Å². The van der Waals surface area contributed by atoms with Crippen LogP contribution in [0.5, 0.6) is 0 Å². The van der Waals surface area contributed by atoms with E-state index in [0.717, 1.165) is 12.1 Å². The maximum atomic E-state index is 13.8. The Morgan fingerprint density at radius 1 is 1.45 bits per heavy atom. The van der Waals surface area contributed by atoms with Crippen molar-refractivity contribution < 1.29 is 13.9 Å². The molecule has 116 valence electrons. The Morgan fingerprint density at radius 3 is 2.82 bits per heavy atom. The predicted octanol–water partition coefficient (Wildman–Crippen LogP) is 2.91. The van der Waals surface area contributed by atoms with Gasteiger partial charge in [0.15, 0.2) is 5.82 Å². The maximum absolute atomic E-state index is 13.8. The van der Waals surface area contributed by atoms with Gasteiger partial charge in [0, 0.05) is 29.9 Å². The van der Waals surface area contributed by atoms with Crippen molar-refractivity contribution in [2.24, 2.45) is 0 Å². The Labute approximate surface area is 131 Å². The summed E-state index contributed by atoms with van der Waals surface area (Å²) in [4.78, 5) is 3.86. The van der Waals surface area contributed by atoms with Crippen LogP contribution in [0.4, 0.5) is 14.5 Å². The van der Waals surface area contributed by atoms with Crippen molar-refractivity contribution in [1.29, 1.82) is 5.26 Å². The molecule has 0 aliphatic carbocycles. The quantitative estimate of drug-likeness (QED) is 0.885. The lowest BCUT2D eigenvalue weighted by Crippen LogP contribution is -2.36. The molecule has 2 N–H and O–H groups in total. The molecular formula is C15H15F2N3OS. The lowest BCUT2D eigenvalue weighted by molar-refractivity contribution is 0.0997. The van der Waals surface area contributed by atoms with Gasteiger partial charge in [-0.1, -0.05) is 0 Å². The van der Waals surface area contributed by atoms with Crippen LogP contribution >= 0.6 is 11.8 Å². The van der Waals surface area contributed by atoms with Crippen LogP contribution in [-0.4, -0.2) is 34.2 Å². The minimum absolute atomic E-state index is 0.0209. The highest BCUT2D eigenvalue weighted by atomic mass is 32.2. The normalized spacial score (nSPS) is 13.6. The van der Waals surface area contributed by atoms with Crippen molar-refractivity contribution in [2.75, 3.05) is 23.9 Å². The third-order valence-electron chi connectivity index (χ3n) is 3.11. The smallest absolute Gasteiger partial charge is 0.152 e. The van der Waals surface area contributed by atoms with E-state index in [1.807, 2.05) is 12.3 Å². The zero-order valence-electron chi connectivity index (χ0n) is 12.2. The molecule has 0 radical (unpaired) electrons. The number of benzene rings is 1. The minimum atomic E-state index is -1.02. The monoisotopic (exact) mass is 323 g/mol. The standard InChI is InChI=1S/C15H15F2N3OS/c1-15(21,8-22-2)7-20-13-9(5-18)6-19-14-11(13)3-10(16)4-12(14)17/h3-4,6,21H,7-8H2,1-2H3,(H,19,20). The van der Waals surface area contributed by atoms with E-state index in [9.17, 15) is 13.9 Å². The number of hydrogen-bond acceptors (Lipinski definition) is 5. The molecule has 0 saturated carbocycles. The summed E-state index contributed by atoms with van der Waals surface area (Å²) >= 11 is 1.47. The maximum Gasteiger partial charge on any atom is 0.152 e. The zero-order valence-corrected chi connectivity index (χ0v) is 13.0. The molecule has 0 bridgehead atoms. The predicted molar refractivity (Wildman–Crippen MR) is 83.9 cm³/mol. The fraction of sp³-hybridized carbons (Fsp3) is 0.333. The van der Waals surface area contributed by atoms with Crippen LogP contribution in [0.25, 0.3) is 10.9 Å². The first-order valence-electron chi connectivity index (χ1n) is 6.51. The highest BCUT2D eigenvalue weighted by molar-refractivity contribution is 7.98. The van der Waals surface area contributed by atoms with Gasteiger partial charge < -0.3 is 10.4 Å². The number of rotatable bonds is 5. The van der Waals surface area contributed by atoms with Gasteiger partial charge in [-0.15, -0.1) is 0 Å².